The molecule has 2 rings (SSSR count). The van der Waals surface area contributed by atoms with E-state index in [4.69, 9.17) is 0 Å². The highest BCUT2D eigenvalue weighted by atomic mass is 15.3. The van der Waals surface area contributed by atoms with Gasteiger partial charge in [0, 0.05) is 13.1 Å². The van der Waals surface area contributed by atoms with Gasteiger partial charge in [-0.2, -0.15) is 0 Å². The molecule has 6 heteroatoms. The molecule has 0 bridgehead atoms. The van der Waals surface area contributed by atoms with Gasteiger partial charge < -0.3 is 15.2 Å². The Labute approximate surface area is 131 Å². The minimum absolute atomic E-state index is 0.309. The van der Waals surface area contributed by atoms with Crippen LogP contribution >= 0.6 is 0 Å². The van der Waals surface area contributed by atoms with Crippen molar-refractivity contribution < 1.29 is 0 Å². The molecule has 0 radical (unpaired) electrons. The van der Waals surface area contributed by atoms with Gasteiger partial charge in [-0.25, -0.2) is 4.99 Å². The third-order valence-electron chi connectivity index (χ3n) is 3.28. The van der Waals surface area contributed by atoms with Crippen LogP contribution in [0.4, 0.5) is 0 Å². The van der Waals surface area contributed by atoms with Crippen LogP contribution in [0.2, 0.25) is 0 Å². The number of rotatable bonds is 5. The molecule has 0 saturated carbocycles. The molecule has 1 aromatic heterocycles. The van der Waals surface area contributed by atoms with Crippen LogP contribution in [0.15, 0.2) is 35.3 Å². The average molecular weight is 300 g/mol. The third kappa shape index (κ3) is 4.58. The molecule has 22 heavy (non-hydrogen) atoms. The van der Waals surface area contributed by atoms with Crippen LogP contribution in [-0.4, -0.2) is 26.8 Å². The van der Waals surface area contributed by atoms with E-state index in [1.807, 2.05) is 36.7 Å². The molecular formula is C16H24N6. The molecule has 6 nitrogen and oxygen atoms in total. The first-order chi connectivity index (χ1) is 10.6. The molecule has 0 aliphatic carbocycles. The van der Waals surface area contributed by atoms with Gasteiger partial charge in [-0.1, -0.05) is 30.3 Å². The number of benzene rings is 1. The van der Waals surface area contributed by atoms with Gasteiger partial charge in [0.25, 0.3) is 0 Å². The fraction of sp³-hybridized carbons (Fsp3) is 0.438. The molecule has 1 aromatic carbocycles. The zero-order chi connectivity index (χ0) is 15.9. The normalized spacial score (nSPS) is 11.8. The van der Waals surface area contributed by atoms with Crippen molar-refractivity contribution in [2.75, 3.05) is 0 Å². The Morgan fingerprint density at radius 1 is 1.23 bits per heavy atom. The standard InChI is InChI=1S/C16H24N6/c1-12(2)19-16(17-10-14-8-6-5-7-9-14)18-11-15-21-20-13(3)22(15)4/h5-9,12H,10-11H2,1-4H3,(H2,17,18,19). The van der Waals surface area contributed by atoms with Crippen LogP contribution in [0.1, 0.15) is 31.1 Å². The topological polar surface area (TPSA) is 67.1 Å². The number of aliphatic imine (C=N–C) groups is 1. The lowest BCUT2D eigenvalue weighted by atomic mass is 10.2. The summed E-state index contributed by atoms with van der Waals surface area (Å²) in [5.74, 6) is 2.56. The summed E-state index contributed by atoms with van der Waals surface area (Å²) in [4.78, 5) is 4.62. The Kier molecular flexibility index (Phi) is 5.52. The van der Waals surface area contributed by atoms with Gasteiger partial charge in [-0.15, -0.1) is 10.2 Å². The minimum atomic E-state index is 0.309. The molecule has 2 aromatic rings. The number of aryl methyl sites for hydroxylation is 1. The van der Waals surface area contributed by atoms with E-state index in [1.165, 1.54) is 5.56 Å². The molecular weight excluding hydrogens is 276 g/mol. The second kappa shape index (κ2) is 7.59. The van der Waals surface area contributed by atoms with Crippen LogP contribution in [0, 0.1) is 6.92 Å². The highest BCUT2D eigenvalue weighted by Crippen LogP contribution is 2.01. The quantitative estimate of drug-likeness (QED) is 0.652. The van der Waals surface area contributed by atoms with E-state index in [0.717, 1.165) is 17.6 Å². The van der Waals surface area contributed by atoms with Crippen LogP contribution in [-0.2, 0) is 20.1 Å². The number of guanidine groups is 1. The van der Waals surface area contributed by atoms with Crippen molar-refractivity contribution in [2.45, 2.75) is 39.9 Å². The zero-order valence-electron chi connectivity index (χ0n) is 13.7. The van der Waals surface area contributed by atoms with Crippen LogP contribution in [0.5, 0.6) is 0 Å². The van der Waals surface area contributed by atoms with Crippen LogP contribution < -0.4 is 10.6 Å². The molecule has 118 valence electrons. The Morgan fingerprint density at radius 3 is 2.55 bits per heavy atom. The van der Waals surface area contributed by atoms with Gasteiger partial charge in [0.05, 0.1) is 13.1 Å². The smallest absolute Gasteiger partial charge is 0.192 e. The molecule has 0 unspecified atom stereocenters. The van der Waals surface area contributed by atoms with E-state index in [0.29, 0.717) is 19.1 Å². The van der Waals surface area contributed by atoms with E-state index in [2.05, 4.69) is 51.8 Å². The van der Waals surface area contributed by atoms with E-state index in [-0.39, 0.29) is 0 Å². The van der Waals surface area contributed by atoms with Crippen molar-refractivity contribution in [1.82, 2.24) is 25.4 Å². The first-order valence-electron chi connectivity index (χ1n) is 7.50. The van der Waals surface area contributed by atoms with Gasteiger partial charge in [0.2, 0.25) is 0 Å². The fourth-order valence-electron chi connectivity index (χ4n) is 1.95. The van der Waals surface area contributed by atoms with Gasteiger partial charge in [0.1, 0.15) is 5.82 Å². The number of aromatic nitrogens is 3. The molecule has 2 N–H and O–H groups in total. The number of nitrogens with zero attached hydrogens (tertiary/aromatic N) is 4. The van der Waals surface area contributed by atoms with Crippen LogP contribution in [0.3, 0.4) is 0 Å². The van der Waals surface area contributed by atoms with Crippen molar-refractivity contribution in [1.29, 1.82) is 0 Å². The Balaban J connectivity index is 2.01. The van der Waals surface area contributed by atoms with Crippen molar-refractivity contribution in [2.24, 2.45) is 12.0 Å². The third-order valence-corrected chi connectivity index (χ3v) is 3.28. The fourth-order valence-corrected chi connectivity index (χ4v) is 1.95. The maximum Gasteiger partial charge on any atom is 0.192 e. The monoisotopic (exact) mass is 300 g/mol. The Bertz CT molecular complexity index is 615. The lowest BCUT2D eigenvalue weighted by Crippen LogP contribution is -2.41. The largest absolute Gasteiger partial charge is 0.354 e. The van der Waals surface area contributed by atoms with Crippen molar-refractivity contribution in [3.05, 3.63) is 47.5 Å². The van der Waals surface area contributed by atoms with Gasteiger partial charge >= 0.3 is 0 Å². The first-order valence-corrected chi connectivity index (χ1v) is 7.50. The van der Waals surface area contributed by atoms with Gasteiger partial charge in [0.15, 0.2) is 11.8 Å². The van der Waals surface area contributed by atoms with Gasteiger partial charge in [-0.3, -0.25) is 0 Å². The number of hydrogen-bond donors (Lipinski definition) is 2. The molecule has 0 spiro atoms. The summed E-state index contributed by atoms with van der Waals surface area (Å²) in [5.41, 5.74) is 1.18. The predicted octanol–water partition coefficient (Wildman–Crippen LogP) is 1.77. The van der Waals surface area contributed by atoms with Gasteiger partial charge in [-0.05, 0) is 26.3 Å². The zero-order valence-corrected chi connectivity index (χ0v) is 13.7. The SMILES string of the molecule is Cc1nnc(CNC(=NCc2ccccc2)NC(C)C)n1C. The maximum absolute atomic E-state index is 4.62. The summed E-state index contributed by atoms with van der Waals surface area (Å²) in [5, 5.41) is 14.8. The first kappa shape index (κ1) is 16.0. The number of nitrogens with one attached hydrogen (secondary N) is 2. The summed E-state index contributed by atoms with van der Waals surface area (Å²) in [7, 11) is 1.96. The summed E-state index contributed by atoms with van der Waals surface area (Å²) < 4.78 is 1.97. The number of hydrogen-bond acceptors (Lipinski definition) is 3. The van der Waals surface area contributed by atoms with Crippen molar-refractivity contribution in [3.63, 3.8) is 0 Å². The lowest BCUT2D eigenvalue weighted by molar-refractivity contribution is 0.673. The molecule has 1 heterocycles. The molecule has 0 aliphatic rings. The lowest BCUT2D eigenvalue weighted by Gasteiger charge is -2.15. The average Bonchev–Trinajstić information content (AvgIpc) is 2.82. The minimum Gasteiger partial charge on any atom is -0.354 e. The molecule has 0 amide bonds. The highest BCUT2D eigenvalue weighted by Gasteiger charge is 2.07. The van der Waals surface area contributed by atoms with E-state index < -0.39 is 0 Å². The Hall–Kier alpha value is -2.37. The molecule has 0 atom stereocenters. The van der Waals surface area contributed by atoms with E-state index in [9.17, 15) is 0 Å². The Morgan fingerprint density at radius 2 is 1.95 bits per heavy atom. The van der Waals surface area contributed by atoms with Crippen molar-refractivity contribution in [3.8, 4) is 0 Å². The van der Waals surface area contributed by atoms with Crippen molar-refractivity contribution >= 4 is 5.96 Å². The summed E-state index contributed by atoms with van der Waals surface area (Å²) in [6.45, 7) is 7.34. The molecule has 0 saturated heterocycles. The second-order valence-corrected chi connectivity index (χ2v) is 5.53. The summed E-state index contributed by atoms with van der Waals surface area (Å²) in [6.07, 6.45) is 0. The molecule has 0 fully saturated rings. The van der Waals surface area contributed by atoms with E-state index >= 15 is 0 Å². The maximum atomic E-state index is 4.62. The summed E-state index contributed by atoms with van der Waals surface area (Å²) in [6, 6.07) is 10.5. The van der Waals surface area contributed by atoms with Crippen LogP contribution in [0.25, 0.3) is 0 Å². The molecule has 0 aliphatic heterocycles. The highest BCUT2D eigenvalue weighted by molar-refractivity contribution is 5.79. The van der Waals surface area contributed by atoms with E-state index in [1.54, 1.807) is 0 Å². The summed E-state index contributed by atoms with van der Waals surface area (Å²) >= 11 is 0. The predicted molar refractivity (Wildman–Crippen MR) is 88.4 cm³/mol. The second-order valence-electron chi connectivity index (χ2n) is 5.53.